The summed E-state index contributed by atoms with van der Waals surface area (Å²) in [5.74, 6) is 1.71. The smallest absolute Gasteiger partial charge is 0.236 e. The van der Waals surface area contributed by atoms with Crippen LogP contribution in [0, 0.1) is 6.92 Å². The van der Waals surface area contributed by atoms with E-state index in [1.807, 2.05) is 48.3 Å². The van der Waals surface area contributed by atoms with Crippen LogP contribution in [0.5, 0.6) is 0 Å². The molecule has 0 spiro atoms. The molecule has 1 amide bonds. The van der Waals surface area contributed by atoms with Crippen LogP contribution < -0.4 is 0 Å². The first-order valence-corrected chi connectivity index (χ1v) is 8.67. The quantitative estimate of drug-likeness (QED) is 0.618. The highest BCUT2D eigenvalue weighted by molar-refractivity contribution is 5.78. The molecule has 2 heterocycles. The maximum atomic E-state index is 12.7. The summed E-state index contributed by atoms with van der Waals surface area (Å²) < 4.78 is 10.9. The van der Waals surface area contributed by atoms with Gasteiger partial charge in [-0.25, -0.2) is 0 Å². The van der Waals surface area contributed by atoms with Gasteiger partial charge in [0.2, 0.25) is 5.91 Å². The van der Waals surface area contributed by atoms with Gasteiger partial charge in [-0.2, -0.15) is 0 Å². The predicted molar refractivity (Wildman–Crippen MR) is 99.2 cm³/mol. The van der Waals surface area contributed by atoms with E-state index >= 15 is 0 Å². The topological polar surface area (TPSA) is 49.8 Å². The van der Waals surface area contributed by atoms with Crippen LogP contribution in [-0.4, -0.2) is 29.3 Å². The Labute approximate surface area is 153 Å². The largest absolute Gasteiger partial charge is 0.468 e. The number of hydrogen-bond acceptors (Lipinski definition) is 4. The van der Waals surface area contributed by atoms with Crippen LogP contribution in [0.1, 0.15) is 22.6 Å². The number of likely N-dealkylation sites (N-methyl/N-ethyl adjacent to an activating group) is 1. The molecule has 5 nitrogen and oxygen atoms in total. The Morgan fingerprint density at radius 1 is 0.885 bits per heavy atom. The first-order valence-electron chi connectivity index (χ1n) is 8.67. The molecule has 3 rings (SSSR count). The Morgan fingerprint density at radius 3 is 2.04 bits per heavy atom. The van der Waals surface area contributed by atoms with Crippen LogP contribution in [0.25, 0.3) is 0 Å². The number of aryl methyl sites for hydroxylation is 1. The summed E-state index contributed by atoms with van der Waals surface area (Å²) in [6.07, 6.45) is 3.29. The number of nitrogens with zero attached hydrogens (tertiary/aromatic N) is 2. The Hall–Kier alpha value is -2.79. The van der Waals surface area contributed by atoms with Crippen LogP contribution in [0.15, 0.2) is 69.9 Å². The predicted octanol–water partition coefficient (Wildman–Crippen LogP) is 3.84. The minimum atomic E-state index is 0.0614. The summed E-state index contributed by atoms with van der Waals surface area (Å²) in [4.78, 5) is 16.5. The van der Waals surface area contributed by atoms with Gasteiger partial charge in [0.15, 0.2) is 0 Å². The lowest BCUT2D eigenvalue weighted by molar-refractivity contribution is -0.132. The molecule has 0 fully saturated rings. The molecule has 1 aromatic carbocycles. The van der Waals surface area contributed by atoms with Crippen LogP contribution in [0.3, 0.4) is 0 Å². The number of hydrogen-bond donors (Lipinski definition) is 0. The molecule has 0 aliphatic carbocycles. The molecule has 3 aromatic rings. The van der Waals surface area contributed by atoms with Gasteiger partial charge < -0.3 is 13.7 Å². The molecule has 0 saturated carbocycles. The number of furan rings is 2. The molecular formula is C21H24N2O3. The van der Waals surface area contributed by atoms with Gasteiger partial charge in [-0.3, -0.25) is 9.69 Å². The van der Waals surface area contributed by atoms with E-state index in [0.717, 1.165) is 17.1 Å². The van der Waals surface area contributed by atoms with Gasteiger partial charge in [0.05, 0.1) is 32.2 Å². The van der Waals surface area contributed by atoms with Crippen molar-refractivity contribution in [3.05, 3.63) is 83.7 Å². The molecule has 5 heteroatoms. The zero-order valence-corrected chi connectivity index (χ0v) is 15.2. The molecule has 136 valence electrons. The van der Waals surface area contributed by atoms with Crippen molar-refractivity contribution in [2.24, 2.45) is 0 Å². The van der Waals surface area contributed by atoms with Crippen molar-refractivity contribution in [1.82, 2.24) is 9.80 Å². The highest BCUT2D eigenvalue weighted by Gasteiger charge is 2.18. The van der Waals surface area contributed by atoms with Crippen LogP contribution in [0.4, 0.5) is 0 Å². The minimum absolute atomic E-state index is 0.0614. The second-order valence-corrected chi connectivity index (χ2v) is 6.48. The lowest BCUT2D eigenvalue weighted by Crippen LogP contribution is -2.37. The van der Waals surface area contributed by atoms with E-state index in [0.29, 0.717) is 26.2 Å². The first-order chi connectivity index (χ1) is 12.6. The molecular weight excluding hydrogens is 328 g/mol. The molecule has 0 N–H and O–H groups in total. The molecule has 0 bridgehead atoms. The fourth-order valence-corrected chi connectivity index (χ4v) is 2.86. The molecule has 0 aliphatic rings. The summed E-state index contributed by atoms with van der Waals surface area (Å²) in [6, 6.07) is 15.7. The number of benzene rings is 1. The average Bonchev–Trinajstić information content (AvgIpc) is 3.31. The summed E-state index contributed by atoms with van der Waals surface area (Å²) in [6.45, 7) is 4.06. The van der Waals surface area contributed by atoms with Crippen molar-refractivity contribution in [2.75, 3.05) is 13.6 Å². The van der Waals surface area contributed by atoms with Crippen LogP contribution in [0.2, 0.25) is 0 Å². The normalized spacial score (nSPS) is 11.0. The SMILES string of the molecule is Cc1ccccc1CN(C)C(=O)CN(Cc1ccco1)Cc1ccco1. The first kappa shape index (κ1) is 18.0. The summed E-state index contributed by atoms with van der Waals surface area (Å²) >= 11 is 0. The average molecular weight is 352 g/mol. The number of carbonyl (C=O) groups excluding carboxylic acids is 1. The number of carbonyl (C=O) groups is 1. The zero-order chi connectivity index (χ0) is 18.4. The summed E-state index contributed by atoms with van der Waals surface area (Å²) in [7, 11) is 1.84. The van der Waals surface area contributed by atoms with Gasteiger partial charge in [-0.05, 0) is 42.3 Å². The van der Waals surface area contributed by atoms with E-state index < -0.39 is 0 Å². The maximum Gasteiger partial charge on any atom is 0.236 e. The van der Waals surface area contributed by atoms with Gasteiger partial charge >= 0.3 is 0 Å². The van der Waals surface area contributed by atoms with Crippen molar-refractivity contribution in [3.63, 3.8) is 0 Å². The summed E-state index contributed by atoms with van der Waals surface area (Å²) in [5, 5.41) is 0. The van der Waals surface area contributed by atoms with Gasteiger partial charge in [-0.15, -0.1) is 0 Å². The Bertz CT molecular complexity index is 773. The highest BCUT2D eigenvalue weighted by Crippen LogP contribution is 2.13. The Morgan fingerprint density at radius 2 is 1.50 bits per heavy atom. The minimum Gasteiger partial charge on any atom is -0.468 e. The number of rotatable bonds is 8. The third-order valence-electron chi connectivity index (χ3n) is 4.37. The van der Waals surface area contributed by atoms with Gasteiger partial charge in [0.1, 0.15) is 11.5 Å². The molecule has 26 heavy (non-hydrogen) atoms. The van der Waals surface area contributed by atoms with E-state index in [9.17, 15) is 4.79 Å². The molecule has 0 aliphatic heterocycles. The molecule has 0 atom stereocenters. The second-order valence-electron chi connectivity index (χ2n) is 6.48. The maximum absolute atomic E-state index is 12.7. The van der Waals surface area contributed by atoms with Gasteiger partial charge in [-0.1, -0.05) is 24.3 Å². The van der Waals surface area contributed by atoms with Crippen molar-refractivity contribution in [3.8, 4) is 0 Å². The van der Waals surface area contributed by atoms with E-state index in [1.54, 1.807) is 17.4 Å². The summed E-state index contributed by atoms with van der Waals surface area (Å²) in [5.41, 5.74) is 2.35. The van der Waals surface area contributed by atoms with E-state index in [-0.39, 0.29) is 5.91 Å². The van der Waals surface area contributed by atoms with Gasteiger partial charge in [0, 0.05) is 13.6 Å². The Kier molecular flexibility index (Phi) is 5.92. The zero-order valence-electron chi connectivity index (χ0n) is 15.2. The van der Waals surface area contributed by atoms with Crippen molar-refractivity contribution >= 4 is 5.91 Å². The lowest BCUT2D eigenvalue weighted by atomic mass is 10.1. The third kappa shape index (κ3) is 4.86. The molecule has 0 saturated heterocycles. The van der Waals surface area contributed by atoms with Crippen molar-refractivity contribution < 1.29 is 13.6 Å². The third-order valence-corrected chi connectivity index (χ3v) is 4.37. The molecule has 0 radical (unpaired) electrons. The second kappa shape index (κ2) is 8.54. The lowest BCUT2D eigenvalue weighted by Gasteiger charge is -2.24. The fourth-order valence-electron chi connectivity index (χ4n) is 2.86. The monoisotopic (exact) mass is 352 g/mol. The van der Waals surface area contributed by atoms with Gasteiger partial charge in [0.25, 0.3) is 0 Å². The van der Waals surface area contributed by atoms with Crippen molar-refractivity contribution in [2.45, 2.75) is 26.6 Å². The van der Waals surface area contributed by atoms with E-state index in [4.69, 9.17) is 8.83 Å². The van der Waals surface area contributed by atoms with Crippen LogP contribution >= 0.6 is 0 Å². The molecule has 2 aromatic heterocycles. The highest BCUT2D eigenvalue weighted by atomic mass is 16.3. The standard InChI is InChI=1S/C21H24N2O3/c1-17-7-3-4-8-18(17)13-22(2)21(24)16-23(14-19-9-5-11-25-19)15-20-10-6-12-26-20/h3-12H,13-16H2,1-2H3. The van der Waals surface area contributed by atoms with Crippen molar-refractivity contribution in [1.29, 1.82) is 0 Å². The Balaban J connectivity index is 1.64. The fraction of sp³-hybridized carbons (Fsp3) is 0.286. The van der Waals surface area contributed by atoms with Crippen LogP contribution in [-0.2, 0) is 24.4 Å². The van der Waals surface area contributed by atoms with E-state index in [1.165, 1.54) is 5.56 Å². The number of amides is 1. The molecule has 0 unspecified atom stereocenters. The van der Waals surface area contributed by atoms with E-state index in [2.05, 4.69) is 19.1 Å².